The zero-order valence-electron chi connectivity index (χ0n) is 8.93. The molecule has 1 rings (SSSR count). The van der Waals surface area contributed by atoms with E-state index in [0.29, 0.717) is 5.92 Å². The second-order valence-corrected chi connectivity index (χ2v) is 4.26. The lowest BCUT2D eigenvalue weighted by Crippen LogP contribution is -2.35. The van der Waals surface area contributed by atoms with Crippen molar-refractivity contribution in [3.8, 4) is 0 Å². The summed E-state index contributed by atoms with van der Waals surface area (Å²) < 4.78 is 0. The molecule has 0 aromatic heterocycles. The Morgan fingerprint density at radius 2 is 2.38 bits per heavy atom. The van der Waals surface area contributed by atoms with Gasteiger partial charge in [-0.15, -0.1) is 0 Å². The van der Waals surface area contributed by atoms with Crippen LogP contribution in [0.5, 0.6) is 0 Å². The topological polar surface area (TPSA) is 20.2 Å². The van der Waals surface area contributed by atoms with E-state index in [1.807, 2.05) is 13.8 Å². The van der Waals surface area contributed by atoms with Crippen molar-refractivity contribution in [3.63, 3.8) is 0 Å². The molecule has 0 saturated heterocycles. The van der Waals surface area contributed by atoms with E-state index in [0.717, 1.165) is 24.8 Å². The molecule has 1 heteroatoms. The van der Waals surface area contributed by atoms with E-state index in [2.05, 4.69) is 19.6 Å². The van der Waals surface area contributed by atoms with Gasteiger partial charge >= 0.3 is 0 Å². The minimum atomic E-state index is -0.568. The van der Waals surface area contributed by atoms with Gasteiger partial charge in [0, 0.05) is 0 Å². The van der Waals surface area contributed by atoms with Crippen molar-refractivity contribution >= 4 is 0 Å². The number of hydrogen-bond donors (Lipinski definition) is 1. The molecule has 13 heavy (non-hydrogen) atoms. The van der Waals surface area contributed by atoms with Crippen molar-refractivity contribution in [2.45, 2.75) is 45.6 Å². The van der Waals surface area contributed by atoms with Crippen LogP contribution in [0.25, 0.3) is 0 Å². The van der Waals surface area contributed by atoms with E-state index < -0.39 is 5.60 Å². The van der Waals surface area contributed by atoms with Gasteiger partial charge in [-0.25, -0.2) is 0 Å². The van der Waals surface area contributed by atoms with Crippen LogP contribution in [-0.2, 0) is 0 Å². The first-order valence-electron chi connectivity index (χ1n) is 5.04. The fraction of sp³-hybridized carbons (Fsp3) is 0.667. The van der Waals surface area contributed by atoms with Crippen LogP contribution in [0.15, 0.2) is 23.8 Å². The van der Waals surface area contributed by atoms with Crippen LogP contribution < -0.4 is 0 Å². The molecular formula is C12H20O. The van der Waals surface area contributed by atoms with Gasteiger partial charge in [-0.05, 0) is 44.6 Å². The lowest BCUT2D eigenvalue weighted by molar-refractivity contribution is 0.0456. The monoisotopic (exact) mass is 180 g/mol. The molecule has 0 spiro atoms. The molecule has 0 unspecified atom stereocenters. The third-order valence-corrected chi connectivity index (χ3v) is 3.31. The van der Waals surface area contributed by atoms with Crippen molar-refractivity contribution in [1.29, 1.82) is 0 Å². The van der Waals surface area contributed by atoms with E-state index in [-0.39, 0.29) is 0 Å². The van der Waals surface area contributed by atoms with E-state index in [1.54, 1.807) is 0 Å². The van der Waals surface area contributed by atoms with E-state index in [9.17, 15) is 5.11 Å². The maximum Gasteiger partial charge on any atom is 0.0857 e. The van der Waals surface area contributed by atoms with Gasteiger partial charge in [0.1, 0.15) is 0 Å². The van der Waals surface area contributed by atoms with Gasteiger partial charge < -0.3 is 5.11 Å². The van der Waals surface area contributed by atoms with Crippen molar-refractivity contribution in [2.24, 2.45) is 5.92 Å². The molecule has 0 fully saturated rings. The van der Waals surface area contributed by atoms with Gasteiger partial charge in [-0.2, -0.15) is 0 Å². The quantitative estimate of drug-likeness (QED) is 0.647. The van der Waals surface area contributed by atoms with Crippen LogP contribution >= 0.6 is 0 Å². The van der Waals surface area contributed by atoms with Gasteiger partial charge in [0.05, 0.1) is 5.60 Å². The first kappa shape index (κ1) is 10.5. The summed E-state index contributed by atoms with van der Waals surface area (Å²) in [6.45, 7) is 10.1. The molecule has 0 aromatic rings. The highest BCUT2D eigenvalue weighted by molar-refractivity contribution is 5.21. The molecule has 2 atom stereocenters. The number of hydrogen-bond acceptors (Lipinski definition) is 1. The average molecular weight is 180 g/mol. The Bertz CT molecular complexity index is 240. The van der Waals surface area contributed by atoms with Crippen molar-refractivity contribution in [2.75, 3.05) is 0 Å². The molecule has 0 aliphatic heterocycles. The van der Waals surface area contributed by atoms with Crippen LogP contribution in [0, 0.1) is 5.92 Å². The normalized spacial score (nSPS) is 34.2. The van der Waals surface area contributed by atoms with Gasteiger partial charge in [-0.1, -0.05) is 25.2 Å². The Morgan fingerprint density at radius 1 is 1.77 bits per heavy atom. The van der Waals surface area contributed by atoms with E-state index >= 15 is 0 Å². The number of aliphatic hydroxyl groups is 1. The third kappa shape index (κ3) is 2.02. The molecule has 1 aliphatic carbocycles. The zero-order chi connectivity index (χ0) is 10.1. The molecule has 0 bridgehead atoms. The SMILES string of the molecule is C=C(C)[C@H]1CC=C(C)[C@](O)(CC)C1. The lowest BCUT2D eigenvalue weighted by Gasteiger charge is -2.36. The third-order valence-electron chi connectivity index (χ3n) is 3.31. The van der Waals surface area contributed by atoms with Gasteiger partial charge in [0.15, 0.2) is 0 Å². The second kappa shape index (κ2) is 3.67. The van der Waals surface area contributed by atoms with Gasteiger partial charge in [0.2, 0.25) is 0 Å². The molecule has 0 aromatic carbocycles. The smallest absolute Gasteiger partial charge is 0.0857 e. The molecule has 0 amide bonds. The minimum Gasteiger partial charge on any atom is -0.386 e. The summed E-state index contributed by atoms with van der Waals surface area (Å²) in [6.07, 6.45) is 4.86. The molecule has 0 saturated carbocycles. The van der Waals surface area contributed by atoms with E-state index in [1.165, 1.54) is 5.57 Å². The fourth-order valence-corrected chi connectivity index (χ4v) is 1.96. The molecule has 0 radical (unpaired) electrons. The van der Waals surface area contributed by atoms with Crippen LogP contribution in [-0.4, -0.2) is 10.7 Å². The number of allylic oxidation sites excluding steroid dienone is 2. The molecular weight excluding hydrogens is 160 g/mol. The van der Waals surface area contributed by atoms with Crippen LogP contribution in [0.3, 0.4) is 0 Å². The molecule has 1 N–H and O–H groups in total. The second-order valence-electron chi connectivity index (χ2n) is 4.26. The summed E-state index contributed by atoms with van der Waals surface area (Å²) in [6, 6.07) is 0. The first-order chi connectivity index (χ1) is 5.99. The summed E-state index contributed by atoms with van der Waals surface area (Å²) in [7, 11) is 0. The minimum absolute atomic E-state index is 0.466. The average Bonchev–Trinajstić information content (AvgIpc) is 2.09. The maximum absolute atomic E-state index is 10.3. The van der Waals surface area contributed by atoms with Gasteiger partial charge in [0.25, 0.3) is 0 Å². The highest BCUT2D eigenvalue weighted by Gasteiger charge is 2.33. The Morgan fingerprint density at radius 3 is 2.85 bits per heavy atom. The molecule has 0 heterocycles. The van der Waals surface area contributed by atoms with Gasteiger partial charge in [-0.3, -0.25) is 0 Å². The van der Waals surface area contributed by atoms with Crippen LogP contribution in [0.1, 0.15) is 40.0 Å². The summed E-state index contributed by atoms with van der Waals surface area (Å²) >= 11 is 0. The highest BCUT2D eigenvalue weighted by Crippen LogP contribution is 2.37. The highest BCUT2D eigenvalue weighted by atomic mass is 16.3. The summed E-state index contributed by atoms with van der Waals surface area (Å²) in [5.74, 6) is 0.466. The van der Waals surface area contributed by atoms with Crippen LogP contribution in [0.2, 0.25) is 0 Å². The maximum atomic E-state index is 10.3. The predicted octanol–water partition coefficient (Wildman–Crippen LogP) is 3.06. The largest absolute Gasteiger partial charge is 0.386 e. The first-order valence-corrected chi connectivity index (χ1v) is 5.04. The summed E-state index contributed by atoms with van der Waals surface area (Å²) in [5.41, 5.74) is 1.75. The van der Waals surface area contributed by atoms with Crippen molar-refractivity contribution in [3.05, 3.63) is 23.8 Å². The molecule has 74 valence electrons. The fourth-order valence-electron chi connectivity index (χ4n) is 1.96. The van der Waals surface area contributed by atoms with E-state index in [4.69, 9.17) is 0 Å². The Labute approximate surface area is 81.2 Å². The molecule has 1 aliphatic rings. The Balaban J connectivity index is 2.83. The summed E-state index contributed by atoms with van der Waals surface area (Å²) in [4.78, 5) is 0. The molecule has 1 nitrogen and oxygen atoms in total. The summed E-state index contributed by atoms with van der Waals surface area (Å²) in [5, 5.41) is 10.3. The Kier molecular flexibility index (Phi) is 2.97. The van der Waals surface area contributed by atoms with Crippen molar-refractivity contribution < 1.29 is 5.11 Å². The standard InChI is InChI=1S/C12H20O/c1-5-12(13)8-11(9(2)3)7-6-10(12)4/h6,11,13H,2,5,7-8H2,1,3-4H3/t11-,12-/m0/s1. The Hall–Kier alpha value is -0.560. The number of rotatable bonds is 2. The van der Waals surface area contributed by atoms with Crippen molar-refractivity contribution in [1.82, 2.24) is 0 Å². The van der Waals surface area contributed by atoms with Crippen LogP contribution in [0.4, 0.5) is 0 Å². The predicted molar refractivity (Wildman–Crippen MR) is 56.5 cm³/mol. The zero-order valence-corrected chi connectivity index (χ0v) is 8.93. The lowest BCUT2D eigenvalue weighted by atomic mass is 9.74.